The molecule has 0 aromatic rings. The lowest BCUT2D eigenvalue weighted by molar-refractivity contribution is -0.132. The van der Waals surface area contributed by atoms with Crippen molar-refractivity contribution in [3.8, 4) is 0 Å². The molecule has 11 heavy (non-hydrogen) atoms. The lowest BCUT2D eigenvalue weighted by Gasteiger charge is -2.30. The van der Waals surface area contributed by atoms with Crippen LogP contribution in [0.1, 0.15) is 13.3 Å². The molecule has 1 saturated heterocycles. The summed E-state index contributed by atoms with van der Waals surface area (Å²) in [7, 11) is 0. The number of hydrogen-bond acceptors (Lipinski definition) is 1. The van der Waals surface area contributed by atoms with Crippen LogP contribution in [0.25, 0.3) is 0 Å². The van der Waals surface area contributed by atoms with Crippen LogP contribution in [0, 0.1) is 0 Å². The first-order valence-electron chi connectivity index (χ1n) is 3.63. The summed E-state index contributed by atoms with van der Waals surface area (Å²) in [5.74, 6) is -0.255. The van der Waals surface area contributed by atoms with Crippen LogP contribution < -0.4 is 0 Å². The second-order valence-electron chi connectivity index (χ2n) is 2.85. The van der Waals surface area contributed by atoms with Crippen molar-refractivity contribution in [3.63, 3.8) is 0 Å². The van der Waals surface area contributed by atoms with Crippen molar-refractivity contribution in [2.45, 2.75) is 25.7 Å². The highest BCUT2D eigenvalue weighted by Gasteiger charge is 2.27. The molecule has 0 spiro atoms. The van der Waals surface area contributed by atoms with Crippen LogP contribution in [0.5, 0.6) is 0 Å². The van der Waals surface area contributed by atoms with Gasteiger partial charge in [-0.3, -0.25) is 4.79 Å². The van der Waals surface area contributed by atoms with Crippen molar-refractivity contribution in [1.82, 2.24) is 4.90 Å². The minimum atomic E-state index is -1.19. The third kappa shape index (κ3) is 2.13. The number of hydrogen-bond donors (Lipinski definition) is 0. The van der Waals surface area contributed by atoms with Crippen LogP contribution in [0.15, 0.2) is 0 Å². The molecule has 1 amide bonds. The molecule has 4 heteroatoms. The molecule has 2 nitrogen and oxygen atoms in total. The van der Waals surface area contributed by atoms with Crippen molar-refractivity contribution < 1.29 is 13.6 Å². The molecule has 1 aliphatic heterocycles. The Morgan fingerprint density at radius 3 is 2.18 bits per heavy atom. The molecule has 2 unspecified atom stereocenters. The molecule has 1 heterocycles. The van der Waals surface area contributed by atoms with Gasteiger partial charge in [0.25, 0.3) is 0 Å². The van der Waals surface area contributed by atoms with Crippen LogP contribution in [0.4, 0.5) is 8.78 Å². The van der Waals surface area contributed by atoms with Gasteiger partial charge in [0, 0.05) is 13.3 Å². The van der Waals surface area contributed by atoms with Gasteiger partial charge >= 0.3 is 0 Å². The Balaban J connectivity index is 2.49. The summed E-state index contributed by atoms with van der Waals surface area (Å²) in [6.07, 6.45) is -2.45. The second-order valence-corrected chi connectivity index (χ2v) is 2.85. The van der Waals surface area contributed by atoms with Gasteiger partial charge in [-0.05, 0) is 0 Å². The molecule has 2 atom stereocenters. The largest absolute Gasteiger partial charge is 0.337 e. The van der Waals surface area contributed by atoms with Crippen LogP contribution in [-0.4, -0.2) is 36.2 Å². The summed E-state index contributed by atoms with van der Waals surface area (Å²) >= 11 is 0. The van der Waals surface area contributed by atoms with Crippen LogP contribution in [-0.2, 0) is 4.79 Å². The van der Waals surface area contributed by atoms with E-state index >= 15 is 0 Å². The number of rotatable bonds is 0. The van der Waals surface area contributed by atoms with Gasteiger partial charge in [0.05, 0.1) is 13.1 Å². The average molecular weight is 163 g/mol. The highest BCUT2D eigenvalue weighted by atomic mass is 19.1. The van der Waals surface area contributed by atoms with Gasteiger partial charge < -0.3 is 4.90 Å². The number of halogens is 2. The molecule has 1 rings (SSSR count). The quantitative estimate of drug-likeness (QED) is 0.520. The molecule has 0 bridgehead atoms. The summed E-state index contributed by atoms with van der Waals surface area (Å²) in [6.45, 7) is 1.43. The van der Waals surface area contributed by atoms with E-state index in [-0.39, 0.29) is 25.4 Å². The van der Waals surface area contributed by atoms with Crippen LogP contribution in [0.3, 0.4) is 0 Å². The summed E-state index contributed by atoms with van der Waals surface area (Å²) in [6, 6.07) is 0. The smallest absolute Gasteiger partial charge is 0.219 e. The molecular formula is C7H11F2NO. The molecule has 1 aliphatic rings. The van der Waals surface area contributed by atoms with E-state index in [1.807, 2.05) is 0 Å². The number of nitrogens with zero attached hydrogens (tertiary/aromatic N) is 1. The van der Waals surface area contributed by atoms with Gasteiger partial charge in [0.1, 0.15) is 12.3 Å². The average Bonchev–Trinajstić information content (AvgIpc) is 1.85. The van der Waals surface area contributed by atoms with Gasteiger partial charge in [-0.15, -0.1) is 0 Å². The molecule has 0 aliphatic carbocycles. The first-order valence-corrected chi connectivity index (χ1v) is 3.63. The van der Waals surface area contributed by atoms with E-state index in [2.05, 4.69) is 0 Å². The molecule has 0 radical (unpaired) electrons. The maximum Gasteiger partial charge on any atom is 0.219 e. The second kappa shape index (κ2) is 3.15. The zero-order valence-corrected chi connectivity index (χ0v) is 6.39. The molecule has 1 fully saturated rings. The Kier molecular flexibility index (Phi) is 2.42. The van der Waals surface area contributed by atoms with Crippen molar-refractivity contribution in [3.05, 3.63) is 0 Å². The molecule has 0 aromatic heterocycles. The third-order valence-corrected chi connectivity index (χ3v) is 1.79. The van der Waals surface area contributed by atoms with E-state index in [1.54, 1.807) is 0 Å². The predicted molar refractivity (Wildman–Crippen MR) is 36.7 cm³/mol. The Hall–Kier alpha value is -0.670. The van der Waals surface area contributed by atoms with E-state index in [1.165, 1.54) is 11.8 Å². The Labute approximate surface area is 64.2 Å². The molecule has 0 saturated carbocycles. The summed E-state index contributed by atoms with van der Waals surface area (Å²) in [5, 5.41) is 0. The standard InChI is InChI=1S/C7H11F2NO/c1-5(11)10-3-6(8)2-7(9)4-10/h6-7H,2-4H2,1H3. The summed E-state index contributed by atoms with van der Waals surface area (Å²) in [4.78, 5) is 11.9. The lowest BCUT2D eigenvalue weighted by atomic mass is 10.1. The number of likely N-dealkylation sites (tertiary alicyclic amines) is 1. The highest BCUT2D eigenvalue weighted by molar-refractivity contribution is 5.73. The number of carbonyl (C=O) groups is 1. The monoisotopic (exact) mass is 163 g/mol. The molecule has 0 N–H and O–H groups in total. The minimum Gasteiger partial charge on any atom is -0.337 e. The van der Waals surface area contributed by atoms with E-state index < -0.39 is 12.3 Å². The molecule has 64 valence electrons. The van der Waals surface area contributed by atoms with E-state index in [4.69, 9.17) is 0 Å². The maximum absolute atomic E-state index is 12.6. The zero-order valence-electron chi connectivity index (χ0n) is 6.39. The minimum absolute atomic E-state index is 0.0513. The van der Waals surface area contributed by atoms with Gasteiger partial charge in [-0.2, -0.15) is 0 Å². The van der Waals surface area contributed by atoms with Gasteiger partial charge in [-0.25, -0.2) is 8.78 Å². The fourth-order valence-electron chi connectivity index (χ4n) is 1.24. The number of piperidine rings is 1. The Bertz CT molecular complexity index is 153. The predicted octanol–water partition coefficient (Wildman–Crippen LogP) is 0.915. The van der Waals surface area contributed by atoms with Crippen LogP contribution in [0.2, 0.25) is 0 Å². The molecule has 0 aromatic carbocycles. The van der Waals surface area contributed by atoms with E-state index in [9.17, 15) is 13.6 Å². The van der Waals surface area contributed by atoms with Crippen molar-refractivity contribution in [2.75, 3.05) is 13.1 Å². The van der Waals surface area contributed by atoms with Crippen molar-refractivity contribution >= 4 is 5.91 Å². The first kappa shape index (κ1) is 8.43. The van der Waals surface area contributed by atoms with Gasteiger partial charge in [0.2, 0.25) is 5.91 Å². The number of carbonyl (C=O) groups excluding carboxylic acids is 1. The normalized spacial score (nSPS) is 32.1. The molecular weight excluding hydrogens is 152 g/mol. The topological polar surface area (TPSA) is 20.3 Å². The van der Waals surface area contributed by atoms with Gasteiger partial charge in [-0.1, -0.05) is 0 Å². The summed E-state index contributed by atoms with van der Waals surface area (Å²) < 4.78 is 25.2. The first-order chi connectivity index (χ1) is 5.09. The SMILES string of the molecule is CC(=O)N1CC(F)CC(F)C1. The van der Waals surface area contributed by atoms with Gasteiger partial charge in [0.15, 0.2) is 0 Å². The Morgan fingerprint density at radius 2 is 1.82 bits per heavy atom. The fraction of sp³-hybridized carbons (Fsp3) is 0.857. The lowest BCUT2D eigenvalue weighted by Crippen LogP contribution is -2.44. The summed E-state index contributed by atoms with van der Waals surface area (Å²) in [5.41, 5.74) is 0. The fourth-order valence-corrected chi connectivity index (χ4v) is 1.24. The maximum atomic E-state index is 12.6. The number of amides is 1. The van der Waals surface area contributed by atoms with Crippen molar-refractivity contribution in [1.29, 1.82) is 0 Å². The highest BCUT2D eigenvalue weighted by Crippen LogP contribution is 2.15. The third-order valence-electron chi connectivity index (χ3n) is 1.79. The van der Waals surface area contributed by atoms with E-state index in [0.29, 0.717) is 0 Å². The van der Waals surface area contributed by atoms with Crippen molar-refractivity contribution in [2.24, 2.45) is 0 Å². The van der Waals surface area contributed by atoms with E-state index in [0.717, 1.165) is 0 Å². The zero-order chi connectivity index (χ0) is 8.43. The van der Waals surface area contributed by atoms with Crippen LogP contribution >= 0.6 is 0 Å². The Morgan fingerprint density at radius 1 is 1.36 bits per heavy atom. The number of alkyl halides is 2.